The van der Waals surface area contributed by atoms with Crippen LogP contribution in [0, 0.1) is 29.6 Å². The van der Waals surface area contributed by atoms with E-state index in [1.54, 1.807) is 30.3 Å². The monoisotopic (exact) mass is 362 g/mol. The second-order valence-electron chi connectivity index (χ2n) is 6.97. The molecule has 0 amide bonds. The van der Waals surface area contributed by atoms with Crippen molar-refractivity contribution in [2.24, 2.45) is 29.6 Å². The highest BCUT2D eigenvalue weighted by molar-refractivity contribution is 5.89. The van der Waals surface area contributed by atoms with E-state index < -0.39 is 58.9 Å². The molecule has 0 heterocycles. The molecule has 0 saturated heterocycles. The molecule has 4 rings (SSSR count). The fourth-order valence-corrected chi connectivity index (χ4v) is 5.28. The SMILES string of the molecule is O=C(O)[C@@H]1C2CCC(c3ccccc3)([C@@H]1C(=O)O)[C@@H](C(=O)O)[C@H]2C(=O)O. The van der Waals surface area contributed by atoms with Crippen LogP contribution >= 0.6 is 0 Å². The predicted molar refractivity (Wildman–Crippen MR) is 85.3 cm³/mol. The molecule has 26 heavy (non-hydrogen) atoms. The van der Waals surface area contributed by atoms with Crippen LogP contribution in [0.4, 0.5) is 0 Å². The lowest BCUT2D eigenvalue weighted by molar-refractivity contribution is -0.195. The van der Waals surface area contributed by atoms with E-state index in [1.165, 1.54) is 0 Å². The number of benzene rings is 1. The van der Waals surface area contributed by atoms with Crippen LogP contribution < -0.4 is 0 Å². The normalized spacial score (nSPS) is 35.6. The number of carboxylic acid groups (broad SMARTS) is 4. The van der Waals surface area contributed by atoms with Crippen molar-refractivity contribution in [3.05, 3.63) is 35.9 Å². The maximum Gasteiger partial charge on any atom is 0.308 e. The molecule has 4 N–H and O–H groups in total. The van der Waals surface area contributed by atoms with Gasteiger partial charge in [0.1, 0.15) is 0 Å². The zero-order valence-electron chi connectivity index (χ0n) is 13.6. The second-order valence-corrected chi connectivity index (χ2v) is 6.97. The first kappa shape index (κ1) is 17.9. The van der Waals surface area contributed by atoms with Crippen LogP contribution in [0.5, 0.6) is 0 Å². The van der Waals surface area contributed by atoms with Crippen LogP contribution in [0.3, 0.4) is 0 Å². The Morgan fingerprint density at radius 2 is 1.23 bits per heavy atom. The standard InChI is InChI=1S/C18H18O8/c19-14(20)10-9-6-7-18(12(10)16(23)24,8-4-2-1-3-5-8)13(17(25)26)11(9)15(21)22/h1-5,9-13H,6-7H2,(H,19,20)(H,21,22)(H,23,24)(H,25,26)/t9?,10-,11+,12+,13-,18?. The van der Waals surface area contributed by atoms with Crippen LogP contribution in [0.1, 0.15) is 18.4 Å². The van der Waals surface area contributed by atoms with Crippen LogP contribution in [0.25, 0.3) is 0 Å². The minimum absolute atomic E-state index is 0.114. The van der Waals surface area contributed by atoms with E-state index in [2.05, 4.69) is 0 Å². The molecule has 3 fully saturated rings. The van der Waals surface area contributed by atoms with E-state index in [-0.39, 0.29) is 12.8 Å². The first-order valence-corrected chi connectivity index (χ1v) is 8.20. The van der Waals surface area contributed by atoms with Crippen molar-refractivity contribution >= 4 is 23.9 Å². The van der Waals surface area contributed by atoms with E-state index in [9.17, 15) is 39.6 Å². The minimum Gasteiger partial charge on any atom is -0.481 e. The highest BCUT2D eigenvalue weighted by atomic mass is 16.4. The van der Waals surface area contributed by atoms with Gasteiger partial charge in [0.25, 0.3) is 0 Å². The van der Waals surface area contributed by atoms with Gasteiger partial charge in [0.2, 0.25) is 0 Å². The van der Waals surface area contributed by atoms with Gasteiger partial charge in [0.15, 0.2) is 0 Å². The molecule has 1 aromatic rings. The molecule has 3 aliphatic carbocycles. The summed E-state index contributed by atoms with van der Waals surface area (Å²) < 4.78 is 0. The molecule has 2 bridgehead atoms. The fraction of sp³-hybridized carbons (Fsp3) is 0.444. The van der Waals surface area contributed by atoms with Crippen molar-refractivity contribution in [2.45, 2.75) is 18.3 Å². The maximum atomic E-state index is 12.1. The average Bonchev–Trinajstić information content (AvgIpc) is 2.60. The second kappa shape index (κ2) is 6.12. The largest absolute Gasteiger partial charge is 0.481 e. The van der Waals surface area contributed by atoms with Crippen molar-refractivity contribution in [2.75, 3.05) is 0 Å². The van der Waals surface area contributed by atoms with Crippen molar-refractivity contribution in [1.29, 1.82) is 0 Å². The molecule has 1 aromatic carbocycles. The molecular weight excluding hydrogens is 344 g/mol. The summed E-state index contributed by atoms with van der Waals surface area (Å²) in [7, 11) is 0. The van der Waals surface area contributed by atoms with Crippen LogP contribution in [0.2, 0.25) is 0 Å². The van der Waals surface area contributed by atoms with Crippen LogP contribution in [-0.2, 0) is 24.6 Å². The summed E-state index contributed by atoms with van der Waals surface area (Å²) >= 11 is 0. The number of hydrogen-bond donors (Lipinski definition) is 4. The number of carbonyl (C=O) groups is 4. The molecule has 3 aliphatic rings. The Kier molecular flexibility index (Phi) is 4.21. The van der Waals surface area contributed by atoms with Gasteiger partial charge in [-0.15, -0.1) is 0 Å². The van der Waals surface area contributed by atoms with Gasteiger partial charge >= 0.3 is 23.9 Å². The number of carboxylic acids is 4. The molecule has 138 valence electrons. The van der Waals surface area contributed by atoms with Gasteiger partial charge in [0.05, 0.1) is 23.7 Å². The summed E-state index contributed by atoms with van der Waals surface area (Å²) in [5, 5.41) is 39.0. The first-order valence-electron chi connectivity index (χ1n) is 8.20. The topological polar surface area (TPSA) is 149 Å². The van der Waals surface area contributed by atoms with Gasteiger partial charge in [-0.2, -0.15) is 0 Å². The van der Waals surface area contributed by atoms with Gasteiger partial charge in [-0.3, -0.25) is 19.2 Å². The van der Waals surface area contributed by atoms with Gasteiger partial charge in [-0.1, -0.05) is 30.3 Å². The lowest BCUT2D eigenvalue weighted by Gasteiger charge is -2.59. The predicted octanol–water partition coefficient (Wildman–Crippen LogP) is 1.15. The summed E-state index contributed by atoms with van der Waals surface area (Å²) in [6.07, 6.45) is 0.263. The molecule has 2 unspecified atom stereocenters. The smallest absolute Gasteiger partial charge is 0.308 e. The lowest BCUT2D eigenvalue weighted by atomic mass is 9.41. The Balaban J connectivity index is 2.34. The van der Waals surface area contributed by atoms with Gasteiger partial charge in [-0.05, 0) is 24.3 Å². The first-order chi connectivity index (χ1) is 12.2. The number of aliphatic carboxylic acids is 4. The summed E-state index contributed by atoms with van der Waals surface area (Å²) in [5.74, 6) is -12.6. The zero-order chi connectivity index (χ0) is 19.2. The van der Waals surface area contributed by atoms with E-state index in [0.717, 1.165) is 0 Å². The maximum absolute atomic E-state index is 12.1. The molecule has 0 spiro atoms. The van der Waals surface area contributed by atoms with E-state index in [0.29, 0.717) is 5.56 Å². The number of fused-ring (bicyclic) bond motifs is 3. The van der Waals surface area contributed by atoms with Crippen molar-refractivity contribution < 1.29 is 39.6 Å². The molecule has 0 aromatic heterocycles. The Morgan fingerprint density at radius 3 is 1.62 bits per heavy atom. The van der Waals surface area contributed by atoms with E-state index in [1.807, 2.05) is 0 Å². The van der Waals surface area contributed by atoms with Crippen LogP contribution in [-0.4, -0.2) is 44.3 Å². The third kappa shape index (κ3) is 2.28. The highest BCUT2D eigenvalue weighted by Gasteiger charge is 2.70. The average molecular weight is 362 g/mol. The van der Waals surface area contributed by atoms with E-state index in [4.69, 9.17) is 0 Å². The third-order valence-electron chi connectivity index (χ3n) is 6.06. The quantitative estimate of drug-likeness (QED) is 0.609. The molecule has 8 heteroatoms. The Bertz CT molecular complexity index is 731. The third-order valence-corrected chi connectivity index (χ3v) is 6.06. The minimum atomic E-state index is -1.60. The molecule has 0 radical (unpaired) electrons. The zero-order valence-corrected chi connectivity index (χ0v) is 13.6. The van der Waals surface area contributed by atoms with Gasteiger partial charge in [-0.25, -0.2) is 0 Å². The molecular formula is C18H18O8. The summed E-state index contributed by atoms with van der Waals surface area (Å²) in [6, 6.07) is 7.98. The molecule has 8 nitrogen and oxygen atoms in total. The van der Waals surface area contributed by atoms with Crippen LogP contribution in [0.15, 0.2) is 30.3 Å². The number of rotatable bonds is 5. The molecule has 6 atom stereocenters. The highest BCUT2D eigenvalue weighted by Crippen LogP contribution is 2.63. The fourth-order valence-electron chi connectivity index (χ4n) is 5.28. The summed E-state index contributed by atoms with van der Waals surface area (Å²) in [5.41, 5.74) is -1.24. The van der Waals surface area contributed by atoms with Gasteiger partial charge in [0, 0.05) is 5.41 Å². The van der Waals surface area contributed by atoms with Crippen molar-refractivity contribution in [3.8, 4) is 0 Å². The Labute approximate surface area is 148 Å². The molecule has 0 aliphatic heterocycles. The Hall–Kier alpha value is -2.90. The summed E-state index contributed by atoms with van der Waals surface area (Å²) in [4.78, 5) is 47.9. The number of hydrogen-bond acceptors (Lipinski definition) is 4. The van der Waals surface area contributed by atoms with Crippen molar-refractivity contribution in [3.63, 3.8) is 0 Å². The molecule has 3 saturated carbocycles. The van der Waals surface area contributed by atoms with E-state index >= 15 is 0 Å². The van der Waals surface area contributed by atoms with Crippen molar-refractivity contribution in [1.82, 2.24) is 0 Å². The summed E-state index contributed by atoms with van der Waals surface area (Å²) in [6.45, 7) is 0. The lowest BCUT2D eigenvalue weighted by Crippen LogP contribution is -2.67. The van der Waals surface area contributed by atoms with Gasteiger partial charge < -0.3 is 20.4 Å². The Morgan fingerprint density at radius 1 is 0.769 bits per heavy atom.